The zero-order valence-electron chi connectivity index (χ0n) is 68.0. The lowest BCUT2D eigenvalue weighted by atomic mass is 10.0. The molecule has 2 unspecified atom stereocenters. The average Bonchev–Trinajstić information content (AvgIpc) is 0.905. The van der Waals surface area contributed by atoms with Crippen LogP contribution in [0.25, 0.3) is 0 Å². The van der Waals surface area contributed by atoms with Crippen molar-refractivity contribution in [1.29, 1.82) is 0 Å². The lowest BCUT2D eigenvalue weighted by Gasteiger charge is -2.21. The monoisotopic (exact) mass is 1520 g/mol. The Hall–Kier alpha value is -1.94. The number of aliphatic hydroxyl groups excluding tert-OH is 1. The van der Waals surface area contributed by atoms with Gasteiger partial charge in [-0.05, 0) is 25.7 Å². The first-order valence-electron chi connectivity index (χ1n) is 44.3. The molecule has 0 aromatic rings. The van der Waals surface area contributed by atoms with Gasteiger partial charge in [-0.15, -0.1) is 0 Å². The van der Waals surface area contributed by atoms with Crippen molar-refractivity contribution in [2.75, 3.05) is 39.6 Å². The number of hydrogen-bond acceptors (Lipinski definition) is 15. The third kappa shape index (κ3) is 78.2. The van der Waals surface area contributed by atoms with Crippen LogP contribution in [0.5, 0.6) is 0 Å². The Bertz CT molecular complexity index is 1960. The summed E-state index contributed by atoms with van der Waals surface area (Å²) in [7, 11) is -9.91. The molecule has 0 bridgehead atoms. The van der Waals surface area contributed by atoms with Crippen LogP contribution in [0, 0.1) is 0 Å². The summed E-state index contributed by atoms with van der Waals surface area (Å²) in [5, 5.41) is 10.6. The topological polar surface area (TPSA) is 237 Å². The van der Waals surface area contributed by atoms with Gasteiger partial charge in [-0.2, -0.15) is 0 Å². The molecule has 104 heavy (non-hydrogen) atoms. The highest BCUT2D eigenvalue weighted by Gasteiger charge is 2.30. The number of phosphoric ester groups is 2. The molecule has 3 N–H and O–H groups in total. The van der Waals surface area contributed by atoms with Gasteiger partial charge in [-0.1, -0.05) is 413 Å². The Morgan fingerprint density at radius 1 is 0.231 bits per heavy atom. The first kappa shape index (κ1) is 102. The Kier molecular flexibility index (Phi) is 77.7. The molecule has 0 aromatic carbocycles. The Labute approximate surface area is 638 Å². The molecule has 17 nitrogen and oxygen atoms in total. The van der Waals surface area contributed by atoms with Gasteiger partial charge in [-0.25, -0.2) is 9.13 Å². The highest BCUT2D eigenvalue weighted by atomic mass is 31.2. The summed E-state index contributed by atoms with van der Waals surface area (Å²) in [5.74, 6) is -2.11. The lowest BCUT2D eigenvalue weighted by Crippen LogP contribution is -2.30. The summed E-state index contributed by atoms with van der Waals surface area (Å²) in [4.78, 5) is 72.8. The minimum Gasteiger partial charge on any atom is -0.462 e. The summed E-state index contributed by atoms with van der Waals surface area (Å²) < 4.78 is 68.6. The van der Waals surface area contributed by atoms with E-state index >= 15 is 0 Å². The second-order valence-electron chi connectivity index (χ2n) is 30.6. The fourth-order valence-electron chi connectivity index (χ4n) is 13.3. The summed E-state index contributed by atoms with van der Waals surface area (Å²) in [5.41, 5.74) is 0. The molecule has 0 aromatic heterocycles. The van der Waals surface area contributed by atoms with Gasteiger partial charge in [0, 0.05) is 25.7 Å². The van der Waals surface area contributed by atoms with Crippen molar-refractivity contribution in [2.24, 2.45) is 0 Å². The predicted molar refractivity (Wildman–Crippen MR) is 428 cm³/mol. The molecular weight excluding hydrogens is 1350 g/mol. The number of rotatable bonds is 86. The van der Waals surface area contributed by atoms with Crippen LogP contribution in [0.4, 0.5) is 0 Å². The van der Waals surface area contributed by atoms with Gasteiger partial charge in [0.2, 0.25) is 0 Å². The van der Waals surface area contributed by atoms with Crippen molar-refractivity contribution < 1.29 is 80.2 Å². The standard InChI is InChI=1S/C85H166O17P2/c1-5-9-13-17-20-23-26-29-32-35-37-39-41-43-45-48-51-54-57-60-64-68-72-85(90)102-81(76-96-83(88)70-66-62-58-55-52-49-47-44-42-40-38-36-33-30-27-24-21-18-14-10-6-2)78-100-104(93,94)98-74-79(86)73-97-103(91,92)99-77-80(75-95-82(87)69-65-61-16-12-8-4)101-84(89)71-67-63-59-56-53-50-46-34-31-28-25-22-19-15-11-7-3/h79-81,86H,5-78H2,1-4H3,(H,91,92)(H,93,94)/t79-,80+,81+/m0/s1. The van der Waals surface area contributed by atoms with Gasteiger partial charge in [0.25, 0.3) is 0 Å². The number of aliphatic hydroxyl groups is 1. The molecule has 0 saturated heterocycles. The maximum absolute atomic E-state index is 13.1. The number of hydrogen-bond donors (Lipinski definition) is 3. The minimum atomic E-state index is -4.96. The Morgan fingerprint density at radius 3 is 0.567 bits per heavy atom. The summed E-state index contributed by atoms with van der Waals surface area (Å²) in [6.07, 6.45) is 74.3. The Morgan fingerprint density at radius 2 is 0.385 bits per heavy atom. The zero-order chi connectivity index (χ0) is 76.0. The third-order valence-electron chi connectivity index (χ3n) is 20.1. The van der Waals surface area contributed by atoms with E-state index in [-0.39, 0.29) is 25.7 Å². The van der Waals surface area contributed by atoms with E-state index < -0.39 is 97.5 Å². The van der Waals surface area contributed by atoms with Gasteiger partial charge >= 0.3 is 39.5 Å². The van der Waals surface area contributed by atoms with Gasteiger partial charge in [0.05, 0.1) is 26.4 Å². The molecule has 0 heterocycles. The second-order valence-corrected chi connectivity index (χ2v) is 33.5. The van der Waals surface area contributed by atoms with E-state index in [9.17, 15) is 43.2 Å². The van der Waals surface area contributed by atoms with E-state index in [1.165, 1.54) is 289 Å². The van der Waals surface area contributed by atoms with Crippen molar-refractivity contribution in [3.8, 4) is 0 Å². The Balaban J connectivity index is 5.09. The molecule has 0 rings (SSSR count). The van der Waals surface area contributed by atoms with E-state index in [4.69, 9.17) is 37.0 Å². The molecule has 0 aliphatic carbocycles. The molecule has 0 fully saturated rings. The molecule has 0 spiro atoms. The van der Waals surface area contributed by atoms with E-state index in [2.05, 4.69) is 27.7 Å². The first-order chi connectivity index (χ1) is 50.7. The maximum Gasteiger partial charge on any atom is 0.472 e. The van der Waals surface area contributed by atoms with E-state index in [0.717, 1.165) is 96.3 Å². The van der Waals surface area contributed by atoms with Crippen LogP contribution in [0.3, 0.4) is 0 Å². The number of ether oxygens (including phenoxy) is 4. The smallest absolute Gasteiger partial charge is 0.462 e. The fourth-order valence-corrected chi connectivity index (χ4v) is 14.9. The first-order valence-corrected chi connectivity index (χ1v) is 47.3. The zero-order valence-corrected chi connectivity index (χ0v) is 69.8. The van der Waals surface area contributed by atoms with Crippen LogP contribution in [-0.2, 0) is 65.4 Å². The van der Waals surface area contributed by atoms with Crippen molar-refractivity contribution in [2.45, 2.75) is 483 Å². The van der Waals surface area contributed by atoms with Crippen LogP contribution in [0.1, 0.15) is 464 Å². The van der Waals surface area contributed by atoms with Crippen molar-refractivity contribution in [3.05, 3.63) is 0 Å². The van der Waals surface area contributed by atoms with Crippen LogP contribution >= 0.6 is 15.6 Å². The summed E-state index contributed by atoms with van der Waals surface area (Å²) >= 11 is 0. The molecule has 19 heteroatoms. The average molecular weight is 1520 g/mol. The molecule has 0 saturated carbocycles. The largest absolute Gasteiger partial charge is 0.472 e. The van der Waals surface area contributed by atoms with Crippen LogP contribution in [0.2, 0.25) is 0 Å². The highest BCUT2D eigenvalue weighted by molar-refractivity contribution is 7.47. The van der Waals surface area contributed by atoms with Crippen LogP contribution in [-0.4, -0.2) is 96.7 Å². The third-order valence-corrected chi connectivity index (χ3v) is 22.0. The number of phosphoric acid groups is 2. The normalized spacial score (nSPS) is 13.7. The predicted octanol–water partition coefficient (Wildman–Crippen LogP) is 26.1. The molecule has 0 radical (unpaired) electrons. The van der Waals surface area contributed by atoms with Crippen molar-refractivity contribution >= 4 is 39.5 Å². The molecule has 0 aliphatic rings. The van der Waals surface area contributed by atoms with Crippen LogP contribution < -0.4 is 0 Å². The number of carbonyl (C=O) groups is 4. The minimum absolute atomic E-state index is 0.108. The number of unbranched alkanes of at least 4 members (excludes halogenated alkanes) is 60. The maximum atomic E-state index is 13.1. The number of carbonyl (C=O) groups excluding carboxylic acids is 4. The lowest BCUT2D eigenvalue weighted by molar-refractivity contribution is -0.161. The van der Waals surface area contributed by atoms with E-state index in [1.54, 1.807) is 0 Å². The molecule has 0 amide bonds. The van der Waals surface area contributed by atoms with Crippen molar-refractivity contribution in [1.82, 2.24) is 0 Å². The van der Waals surface area contributed by atoms with Gasteiger partial charge < -0.3 is 33.8 Å². The summed E-state index contributed by atoms with van der Waals surface area (Å²) in [6.45, 7) is 4.95. The van der Waals surface area contributed by atoms with Crippen LogP contribution in [0.15, 0.2) is 0 Å². The van der Waals surface area contributed by atoms with Gasteiger partial charge in [0.15, 0.2) is 12.2 Å². The SMILES string of the molecule is CCCCCCCCCCCCCCCCCCCCCCCCC(=O)O[C@H](COC(=O)CCCCCCCCCCCCCCCCCCCCCCC)COP(=O)(O)OC[C@@H](O)COP(=O)(O)OC[C@@H](COC(=O)CCCCCCC)OC(=O)CCCCCCCCCCCCCCCCCC. The number of esters is 4. The van der Waals surface area contributed by atoms with E-state index in [0.29, 0.717) is 25.7 Å². The second kappa shape index (κ2) is 79.2. The van der Waals surface area contributed by atoms with Gasteiger partial charge in [0.1, 0.15) is 19.3 Å². The van der Waals surface area contributed by atoms with Crippen molar-refractivity contribution in [3.63, 3.8) is 0 Å². The van der Waals surface area contributed by atoms with Gasteiger partial charge in [-0.3, -0.25) is 37.3 Å². The molecule has 5 atom stereocenters. The molecule has 618 valence electrons. The quantitative estimate of drug-likeness (QED) is 0.0222. The molecule has 0 aliphatic heterocycles. The highest BCUT2D eigenvalue weighted by Crippen LogP contribution is 2.45. The molecular formula is C85H166O17P2. The summed E-state index contributed by atoms with van der Waals surface area (Å²) in [6, 6.07) is 0. The fraction of sp³-hybridized carbons (Fsp3) is 0.953. The van der Waals surface area contributed by atoms with E-state index in [1.807, 2.05) is 0 Å².